The van der Waals surface area contributed by atoms with E-state index in [9.17, 15) is 9.90 Å². The quantitative estimate of drug-likeness (QED) is 0.726. The third kappa shape index (κ3) is 4.09. The molecular formula is C15H22ClN3O2. The summed E-state index contributed by atoms with van der Waals surface area (Å²) in [4.78, 5) is 14.2. The molecule has 0 aliphatic carbocycles. The summed E-state index contributed by atoms with van der Waals surface area (Å²) in [7, 11) is 0. The third-order valence-electron chi connectivity index (χ3n) is 4.08. The Bertz CT molecular complexity index is 510. The molecule has 1 saturated heterocycles. The molecule has 1 heterocycles. The smallest absolute Gasteiger partial charge is 0.225 e. The van der Waals surface area contributed by atoms with E-state index >= 15 is 0 Å². The van der Waals surface area contributed by atoms with Gasteiger partial charge in [-0.2, -0.15) is 0 Å². The van der Waals surface area contributed by atoms with E-state index in [2.05, 4.69) is 17.1 Å². The minimum Gasteiger partial charge on any atom is -0.399 e. The van der Waals surface area contributed by atoms with E-state index in [1.807, 2.05) is 0 Å². The highest BCUT2D eigenvalue weighted by Gasteiger charge is 2.30. The topological polar surface area (TPSA) is 78.6 Å². The number of amides is 1. The molecule has 0 spiro atoms. The number of nitrogens with two attached hydrogens (primary N) is 1. The number of hydrogen-bond donors (Lipinski definition) is 3. The zero-order valence-electron chi connectivity index (χ0n) is 12.2. The van der Waals surface area contributed by atoms with Gasteiger partial charge in [-0.25, -0.2) is 0 Å². The highest BCUT2D eigenvalue weighted by Crippen LogP contribution is 2.25. The second-order valence-corrected chi connectivity index (χ2v) is 6.00. The minimum absolute atomic E-state index is 0.0853. The van der Waals surface area contributed by atoms with Crippen molar-refractivity contribution in [2.75, 3.05) is 30.7 Å². The first-order chi connectivity index (χ1) is 10.0. The number of carbonyl (C=O) groups excluding carboxylic acids is 1. The Morgan fingerprint density at radius 3 is 3.00 bits per heavy atom. The lowest BCUT2D eigenvalue weighted by Gasteiger charge is -2.24. The van der Waals surface area contributed by atoms with Gasteiger partial charge in [0.1, 0.15) is 0 Å². The van der Waals surface area contributed by atoms with E-state index in [1.165, 1.54) is 0 Å². The fraction of sp³-hybridized carbons (Fsp3) is 0.533. The van der Waals surface area contributed by atoms with Crippen LogP contribution in [0.1, 0.15) is 19.8 Å². The highest BCUT2D eigenvalue weighted by atomic mass is 35.5. The molecule has 1 amide bonds. The Hall–Kier alpha value is -1.30. The van der Waals surface area contributed by atoms with E-state index in [0.717, 1.165) is 13.0 Å². The van der Waals surface area contributed by atoms with Gasteiger partial charge in [-0.1, -0.05) is 18.5 Å². The number of likely N-dealkylation sites (tertiary alicyclic amines) is 1. The fourth-order valence-electron chi connectivity index (χ4n) is 2.75. The number of anilines is 2. The van der Waals surface area contributed by atoms with Crippen LogP contribution in [0.2, 0.25) is 5.02 Å². The van der Waals surface area contributed by atoms with Crippen LogP contribution in [-0.4, -0.2) is 41.7 Å². The van der Waals surface area contributed by atoms with Crippen LogP contribution in [0, 0.1) is 5.92 Å². The molecule has 4 N–H and O–H groups in total. The van der Waals surface area contributed by atoms with Crippen LogP contribution in [0.5, 0.6) is 0 Å². The SMILES string of the molecule is CC1CCN(CCC(=O)Nc2ccc(N)cc2Cl)C1CO. The Kier molecular flexibility index (Phi) is 5.45. The van der Waals surface area contributed by atoms with Crippen LogP contribution in [0.15, 0.2) is 18.2 Å². The summed E-state index contributed by atoms with van der Waals surface area (Å²) in [5, 5.41) is 12.6. The summed E-state index contributed by atoms with van der Waals surface area (Å²) in [6, 6.07) is 5.18. The molecule has 1 aromatic rings. The van der Waals surface area contributed by atoms with Gasteiger partial charge < -0.3 is 16.2 Å². The number of aliphatic hydroxyl groups excluding tert-OH is 1. The maximum atomic E-state index is 12.0. The van der Waals surface area contributed by atoms with E-state index in [0.29, 0.717) is 35.3 Å². The van der Waals surface area contributed by atoms with Crippen molar-refractivity contribution in [1.29, 1.82) is 0 Å². The summed E-state index contributed by atoms with van der Waals surface area (Å²) < 4.78 is 0. The van der Waals surface area contributed by atoms with Crippen molar-refractivity contribution in [3.05, 3.63) is 23.2 Å². The average molecular weight is 312 g/mol. The van der Waals surface area contributed by atoms with Gasteiger partial charge in [-0.15, -0.1) is 0 Å². The van der Waals surface area contributed by atoms with Gasteiger partial charge in [0.15, 0.2) is 0 Å². The molecule has 1 aliphatic heterocycles. The molecular weight excluding hydrogens is 290 g/mol. The monoisotopic (exact) mass is 311 g/mol. The molecule has 0 saturated carbocycles. The van der Waals surface area contributed by atoms with Gasteiger partial charge in [0.05, 0.1) is 17.3 Å². The number of nitrogens with zero attached hydrogens (tertiary/aromatic N) is 1. The Labute approximate surface area is 130 Å². The van der Waals surface area contributed by atoms with Gasteiger partial charge in [0.2, 0.25) is 5.91 Å². The van der Waals surface area contributed by atoms with Crippen molar-refractivity contribution in [3.63, 3.8) is 0 Å². The third-order valence-corrected chi connectivity index (χ3v) is 4.39. The Morgan fingerprint density at radius 2 is 2.33 bits per heavy atom. The van der Waals surface area contributed by atoms with Crippen LogP contribution < -0.4 is 11.1 Å². The van der Waals surface area contributed by atoms with Crippen molar-refractivity contribution in [3.8, 4) is 0 Å². The van der Waals surface area contributed by atoms with E-state index in [1.54, 1.807) is 18.2 Å². The first kappa shape index (κ1) is 16.1. The van der Waals surface area contributed by atoms with Crippen LogP contribution in [0.4, 0.5) is 11.4 Å². The van der Waals surface area contributed by atoms with Crippen LogP contribution in [0.25, 0.3) is 0 Å². The zero-order chi connectivity index (χ0) is 15.4. The van der Waals surface area contributed by atoms with Crippen molar-refractivity contribution in [1.82, 2.24) is 4.90 Å². The summed E-state index contributed by atoms with van der Waals surface area (Å²) in [5.41, 5.74) is 6.75. The van der Waals surface area contributed by atoms with Crippen molar-refractivity contribution in [2.45, 2.75) is 25.8 Å². The molecule has 1 fully saturated rings. The molecule has 1 aliphatic rings. The standard InChI is InChI=1S/C15H22ClN3O2/c1-10-4-6-19(14(10)9-20)7-5-15(21)18-13-3-2-11(17)8-12(13)16/h2-3,8,10,14,20H,4-7,9,17H2,1H3,(H,18,21). The molecule has 2 unspecified atom stereocenters. The van der Waals surface area contributed by atoms with Gasteiger partial charge in [0.25, 0.3) is 0 Å². The van der Waals surface area contributed by atoms with Gasteiger partial charge >= 0.3 is 0 Å². The lowest BCUT2D eigenvalue weighted by Crippen LogP contribution is -2.37. The summed E-state index contributed by atoms with van der Waals surface area (Å²) in [6.07, 6.45) is 1.45. The molecule has 0 bridgehead atoms. The molecule has 0 aromatic heterocycles. The minimum atomic E-state index is -0.0853. The summed E-state index contributed by atoms with van der Waals surface area (Å²) in [5.74, 6) is 0.391. The molecule has 116 valence electrons. The zero-order valence-corrected chi connectivity index (χ0v) is 12.9. The van der Waals surface area contributed by atoms with Crippen LogP contribution >= 0.6 is 11.6 Å². The number of nitrogen functional groups attached to an aromatic ring is 1. The normalized spacial score (nSPS) is 22.4. The molecule has 5 nitrogen and oxygen atoms in total. The number of benzene rings is 1. The second-order valence-electron chi connectivity index (χ2n) is 5.59. The maximum Gasteiger partial charge on any atom is 0.225 e. The van der Waals surface area contributed by atoms with E-state index in [-0.39, 0.29) is 18.6 Å². The number of halogens is 1. The number of nitrogens with one attached hydrogen (secondary N) is 1. The maximum absolute atomic E-state index is 12.0. The van der Waals surface area contributed by atoms with Crippen LogP contribution in [-0.2, 0) is 4.79 Å². The Balaban J connectivity index is 1.85. The summed E-state index contributed by atoms with van der Waals surface area (Å²) >= 11 is 6.03. The first-order valence-electron chi connectivity index (χ1n) is 7.21. The van der Waals surface area contributed by atoms with Crippen molar-refractivity contribution >= 4 is 28.9 Å². The van der Waals surface area contributed by atoms with Gasteiger partial charge in [-0.05, 0) is 37.1 Å². The van der Waals surface area contributed by atoms with Crippen molar-refractivity contribution < 1.29 is 9.90 Å². The lowest BCUT2D eigenvalue weighted by atomic mass is 10.0. The van der Waals surface area contributed by atoms with Crippen LogP contribution in [0.3, 0.4) is 0 Å². The predicted octanol–water partition coefficient (Wildman–Crippen LogP) is 1.95. The number of carbonyl (C=O) groups is 1. The number of aliphatic hydroxyl groups is 1. The fourth-order valence-corrected chi connectivity index (χ4v) is 2.99. The lowest BCUT2D eigenvalue weighted by molar-refractivity contribution is -0.116. The number of rotatable bonds is 5. The van der Waals surface area contributed by atoms with Gasteiger partial charge in [-0.3, -0.25) is 9.69 Å². The molecule has 21 heavy (non-hydrogen) atoms. The molecule has 0 radical (unpaired) electrons. The highest BCUT2D eigenvalue weighted by molar-refractivity contribution is 6.34. The molecule has 2 atom stereocenters. The van der Waals surface area contributed by atoms with Crippen molar-refractivity contribution in [2.24, 2.45) is 5.92 Å². The largest absolute Gasteiger partial charge is 0.399 e. The average Bonchev–Trinajstić information content (AvgIpc) is 2.80. The van der Waals surface area contributed by atoms with E-state index in [4.69, 9.17) is 17.3 Å². The first-order valence-corrected chi connectivity index (χ1v) is 7.59. The van der Waals surface area contributed by atoms with E-state index < -0.39 is 0 Å². The summed E-state index contributed by atoms with van der Waals surface area (Å²) in [6.45, 7) is 3.86. The van der Waals surface area contributed by atoms with Gasteiger partial charge in [0, 0.05) is 24.7 Å². The second kappa shape index (κ2) is 7.11. The molecule has 1 aromatic carbocycles. The predicted molar refractivity (Wildman–Crippen MR) is 85.3 cm³/mol. The molecule has 6 heteroatoms. The number of hydrogen-bond acceptors (Lipinski definition) is 4. The molecule has 2 rings (SSSR count). The Morgan fingerprint density at radius 1 is 1.57 bits per heavy atom.